The molecule has 0 bridgehead atoms. The van der Waals surface area contributed by atoms with E-state index in [-0.39, 0.29) is 12.2 Å². The normalized spacial score (nSPS) is 12.6. The molecule has 0 unspecified atom stereocenters. The highest BCUT2D eigenvalue weighted by molar-refractivity contribution is 5.74. The first-order chi connectivity index (χ1) is 14.4. The maximum atomic E-state index is 10.4. The second-order valence-electron chi connectivity index (χ2n) is 6.58. The summed E-state index contributed by atoms with van der Waals surface area (Å²) in [6, 6.07) is 13.2. The van der Waals surface area contributed by atoms with Crippen LogP contribution in [0.4, 0.5) is 0 Å². The molecule has 3 atom stereocenters. The van der Waals surface area contributed by atoms with Gasteiger partial charge in [-0.1, -0.05) is 42.5 Å². The standard InChI is InChI=1S/C9H11NO3.C9H11NO2.C3H7NO2/c10-8(9(12)13)5-6-1-3-7(11)4-2-6;10-8(9(11)12)6-7-4-2-1-3-5-7;1-2(4)3(5)6/h1-4,8,11H,5,10H2,(H,12,13);1-5,8H,6,10H2,(H,11,12);2H,4H2,1H3,(H,5,6)/t2*8-;2-/m000/s1. The summed E-state index contributed by atoms with van der Waals surface area (Å²) in [6.07, 6.45) is 0.659. The third-order valence-corrected chi connectivity index (χ3v) is 3.71. The van der Waals surface area contributed by atoms with Crippen molar-refractivity contribution in [3.63, 3.8) is 0 Å². The van der Waals surface area contributed by atoms with Crippen molar-refractivity contribution in [1.29, 1.82) is 0 Å². The van der Waals surface area contributed by atoms with Gasteiger partial charge in [0.25, 0.3) is 0 Å². The zero-order chi connectivity index (χ0) is 24.0. The lowest BCUT2D eigenvalue weighted by Crippen LogP contribution is -2.32. The third-order valence-electron chi connectivity index (χ3n) is 3.71. The molecule has 0 aromatic heterocycles. The predicted molar refractivity (Wildman–Crippen MR) is 114 cm³/mol. The van der Waals surface area contributed by atoms with Crippen molar-refractivity contribution in [1.82, 2.24) is 0 Å². The van der Waals surface area contributed by atoms with Crippen molar-refractivity contribution >= 4 is 17.9 Å². The number of carboxylic acid groups (broad SMARTS) is 3. The average Bonchev–Trinajstić information content (AvgIpc) is 2.71. The van der Waals surface area contributed by atoms with E-state index in [1.807, 2.05) is 30.3 Å². The smallest absolute Gasteiger partial charge is 0.320 e. The van der Waals surface area contributed by atoms with Gasteiger partial charge in [0.15, 0.2) is 0 Å². The van der Waals surface area contributed by atoms with Gasteiger partial charge in [-0.05, 0) is 43.0 Å². The number of carbonyl (C=O) groups is 3. The number of benzene rings is 2. The van der Waals surface area contributed by atoms with Crippen LogP contribution in [-0.4, -0.2) is 56.5 Å². The van der Waals surface area contributed by atoms with Crippen molar-refractivity contribution in [2.24, 2.45) is 17.2 Å². The molecule has 2 aromatic carbocycles. The summed E-state index contributed by atoms with van der Waals surface area (Å²) in [5, 5.41) is 33.9. The summed E-state index contributed by atoms with van der Waals surface area (Å²) in [7, 11) is 0. The lowest BCUT2D eigenvalue weighted by molar-refractivity contribution is -0.139. The fourth-order valence-electron chi connectivity index (χ4n) is 1.93. The molecule has 10 nitrogen and oxygen atoms in total. The number of carboxylic acids is 3. The minimum atomic E-state index is -1.02. The van der Waals surface area contributed by atoms with Crippen LogP contribution in [0, 0.1) is 0 Å². The van der Waals surface area contributed by atoms with Gasteiger partial charge >= 0.3 is 17.9 Å². The molecule has 0 aliphatic rings. The van der Waals surface area contributed by atoms with Gasteiger partial charge in [-0.2, -0.15) is 0 Å². The highest BCUT2D eigenvalue weighted by atomic mass is 16.4. The number of phenols is 1. The first-order valence-electron chi connectivity index (χ1n) is 9.21. The van der Waals surface area contributed by atoms with E-state index in [1.54, 1.807) is 12.1 Å². The van der Waals surface area contributed by atoms with Gasteiger partial charge < -0.3 is 37.6 Å². The van der Waals surface area contributed by atoms with Crippen molar-refractivity contribution in [3.8, 4) is 5.75 Å². The Kier molecular flexibility index (Phi) is 12.9. The van der Waals surface area contributed by atoms with Crippen molar-refractivity contribution in [2.75, 3.05) is 0 Å². The maximum Gasteiger partial charge on any atom is 0.320 e. The van der Waals surface area contributed by atoms with Crippen LogP contribution in [0.15, 0.2) is 54.6 Å². The number of hydrogen-bond donors (Lipinski definition) is 7. The molecule has 31 heavy (non-hydrogen) atoms. The van der Waals surface area contributed by atoms with Crippen LogP contribution in [0.25, 0.3) is 0 Å². The van der Waals surface area contributed by atoms with E-state index in [4.69, 9.17) is 37.6 Å². The van der Waals surface area contributed by atoms with Gasteiger partial charge in [0.1, 0.15) is 23.9 Å². The molecule has 0 heterocycles. The van der Waals surface area contributed by atoms with Crippen LogP contribution >= 0.6 is 0 Å². The molecule has 0 spiro atoms. The fourth-order valence-corrected chi connectivity index (χ4v) is 1.93. The highest BCUT2D eigenvalue weighted by Gasteiger charge is 2.12. The molecule has 10 heteroatoms. The minimum absolute atomic E-state index is 0.160. The largest absolute Gasteiger partial charge is 0.508 e. The third kappa shape index (κ3) is 13.4. The summed E-state index contributed by atoms with van der Waals surface area (Å²) in [6.45, 7) is 1.42. The Balaban J connectivity index is 0.000000466. The molecule has 10 N–H and O–H groups in total. The summed E-state index contributed by atoms with van der Waals surface area (Å²) in [4.78, 5) is 30.3. The molecular formula is C21H29N3O7. The fraction of sp³-hybridized carbons (Fsp3) is 0.286. The van der Waals surface area contributed by atoms with Crippen molar-refractivity contribution in [2.45, 2.75) is 37.9 Å². The number of nitrogens with two attached hydrogens (primary N) is 3. The van der Waals surface area contributed by atoms with Crippen LogP contribution in [0.3, 0.4) is 0 Å². The summed E-state index contributed by atoms with van der Waals surface area (Å²) in [5.74, 6) is -2.78. The monoisotopic (exact) mass is 435 g/mol. The number of aromatic hydroxyl groups is 1. The molecular weight excluding hydrogens is 406 g/mol. The van der Waals surface area contributed by atoms with E-state index in [2.05, 4.69) is 0 Å². The molecule has 0 amide bonds. The first-order valence-corrected chi connectivity index (χ1v) is 9.21. The topological polar surface area (TPSA) is 210 Å². The predicted octanol–water partition coefficient (Wildman–Crippen LogP) is 0.406. The van der Waals surface area contributed by atoms with Crippen LogP contribution in [-0.2, 0) is 27.2 Å². The van der Waals surface area contributed by atoms with Crippen LogP contribution in [0.2, 0.25) is 0 Å². The van der Waals surface area contributed by atoms with Gasteiger partial charge in [-0.25, -0.2) is 0 Å². The number of hydrogen-bond acceptors (Lipinski definition) is 7. The van der Waals surface area contributed by atoms with E-state index in [0.717, 1.165) is 11.1 Å². The van der Waals surface area contributed by atoms with E-state index in [0.29, 0.717) is 6.42 Å². The molecule has 0 saturated carbocycles. The van der Waals surface area contributed by atoms with Gasteiger partial charge in [0.2, 0.25) is 0 Å². The Morgan fingerprint density at radius 1 is 0.710 bits per heavy atom. The van der Waals surface area contributed by atoms with E-state index in [1.165, 1.54) is 19.1 Å². The molecule has 0 radical (unpaired) electrons. The lowest BCUT2D eigenvalue weighted by atomic mass is 10.1. The van der Waals surface area contributed by atoms with E-state index in [9.17, 15) is 14.4 Å². The minimum Gasteiger partial charge on any atom is -0.508 e. The zero-order valence-corrected chi connectivity index (χ0v) is 17.1. The molecule has 170 valence electrons. The van der Waals surface area contributed by atoms with Crippen LogP contribution in [0.5, 0.6) is 5.75 Å². The van der Waals surface area contributed by atoms with Crippen LogP contribution in [0.1, 0.15) is 18.1 Å². The second-order valence-corrected chi connectivity index (χ2v) is 6.58. The summed E-state index contributed by atoms with van der Waals surface area (Å²) < 4.78 is 0. The van der Waals surface area contributed by atoms with Gasteiger partial charge in [0, 0.05) is 0 Å². The van der Waals surface area contributed by atoms with Crippen molar-refractivity contribution < 1.29 is 34.8 Å². The molecule has 0 aliphatic heterocycles. The number of phenolic OH excluding ortho intramolecular Hbond substituents is 1. The molecule has 0 saturated heterocycles. The van der Waals surface area contributed by atoms with E-state index >= 15 is 0 Å². The van der Waals surface area contributed by atoms with E-state index < -0.39 is 36.0 Å². The van der Waals surface area contributed by atoms with Crippen LogP contribution < -0.4 is 17.2 Å². The zero-order valence-electron chi connectivity index (χ0n) is 17.1. The number of aliphatic carboxylic acids is 3. The quantitative estimate of drug-likeness (QED) is 0.318. The lowest BCUT2D eigenvalue weighted by Gasteiger charge is -2.05. The Morgan fingerprint density at radius 2 is 1.06 bits per heavy atom. The summed E-state index contributed by atoms with van der Waals surface area (Å²) in [5.41, 5.74) is 17.3. The Labute approximate surface area is 179 Å². The molecule has 0 fully saturated rings. The maximum absolute atomic E-state index is 10.4. The molecule has 0 aliphatic carbocycles. The summed E-state index contributed by atoms with van der Waals surface area (Å²) >= 11 is 0. The average molecular weight is 435 g/mol. The Morgan fingerprint density at radius 3 is 1.39 bits per heavy atom. The van der Waals surface area contributed by atoms with Gasteiger partial charge in [-0.3, -0.25) is 14.4 Å². The Bertz CT molecular complexity index is 811. The molecule has 2 aromatic rings. The second kappa shape index (κ2) is 14.5. The molecule has 2 rings (SSSR count). The Hall–Kier alpha value is -3.47. The van der Waals surface area contributed by atoms with Crippen molar-refractivity contribution in [3.05, 3.63) is 65.7 Å². The highest BCUT2D eigenvalue weighted by Crippen LogP contribution is 2.10. The van der Waals surface area contributed by atoms with Gasteiger partial charge in [0.05, 0.1) is 0 Å². The number of rotatable bonds is 7. The SMILES string of the molecule is C[C@H](N)C(=O)O.N[C@@H](Cc1ccc(O)cc1)C(=O)O.N[C@@H](Cc1ccccc1)C(=O)O. The first kappa shape index (κ1) is 27.5. The van der Waals surface area contributed by atoms with Gasteiger partial charge in [-0.15, -0.1) is 0 Å².